The first-order chi connectivity index (χ1) is 12.2. The van der Waals surface area contributed by atoms with Crippen LogP contribution in [0.1, 0.15) is 28.1 Å². The summed E-state index contributed by atoms with van der Waals surface area (Å²) in [6.45, 7) is 3.28. The molecule has 4 heterocycles. The largest absolute Gasteiger partial charge is 0.445 e. The van der Waals surface area contributed by atoms with Gasteiger partial charge in [-0.1, -0.05) is 23.5 Å². The van der Waals surface area contributed by atoms with E-state index >= 15 is 0 Å². The summed E-state index contributed by atoms with van der Waals surface area (Å²) in [7, 11) is 0. The SMILES string of the molecule is N#Cc1ccccc1Oc1ccc(C(=O)N[C@H]2CN3CCC2CC3)s1. The molecule has 2 bridgehead atoms. The number of rotatable bonds is 4. The van der Waals surface area contributed by atoms with Crippen molar-refractivity contribution in [2.75, 3.05) is 19.6 Å². The van der Waals surface area contributed by atoms with Gasteiger partial charge in [0, 0.05) is 12.6 Å². The number of hydrogen-bond acceptors (Lipinski definition) is 5. The van der Waals surface area contributed by atoms with Crippen molar-refractivity contribution in [3.05, 3.63) is 46.8 Å². The average Bonchev–Trinajstić information content (AvgIpc) is 3.12. The molecule has 2 aromatic rings. The highest BCUT2D eigenvalue weighted by Crippen LogP contribution is 2.32. The summed E-state index contributed by atoms with van der Waals surface area (Å²) in [5.74, 6) is 1.08. The summed E-state index contributed by atoms with van der Waals surface area (Å²) in [5, 5.41) is 12.9. The third-order valence-corrected chi connectivity index (χ3v) is 5.96. The van der Waals surface area contributed by atoms with Gasteiger partial charge < -0.3 is 15.0 Å². The van der Waals surface area contributed by atoms with Crippen LogP contribution in [0.25, 0.3) is 0 Å². The molecule has 5 rings (SSSR count). The number of nitriles is 1. The Morgan fingerprint density at radius 2 is 2.04 bits per heavy atom. The zero-order chi connectivity index (χ0) is 17.2. The number of thiophene rings is 1. The second-order valence-corrected chi connectivity index (χ2v) is 7.59. The molecular weight excluding hydrogens is 334 g/mol. The Kier molecular flexibility index (Phi) is 4.43. The molecule has 0 aliphatic carbocycles. The smallest absolute Gasteiger partial charge is 0.261 e. The Bertz CT molecular complexity index is 818. The minimum absolute atomic E-state index is 0.0350. The van der Waals surface area contributed by atoms with E-state index in [2.05, 4.69) is 16.3 Å². The molecule has 3 saturated heterocycles. The lowest BCUT2D eigenvalue weighted by molar-refractivity contribution is 0.0622. The van der Waals surface area contributed by atoms with Crippen LogP contribution in [0.5, 0.6) is 10.8 Å². The van der Waals surface area contributed by atoms with Gasteiger partial charge in [-0.3, -0.25) is 4.79 Å². The number of amides is 1. The number of nitrogens with one attached hydrogen (secondary N) is 1. The quantitative estimate of drug-likeness (QED) is 0.916. The van der Waals surface area contributed by atoms with E-state index in [1.54, 1.807) is 30.3 Å². The summed E-state index contributed by atoms with van der Waals surface area (Å²) in [6.07, 6.45) is 2.35. The van der Waals surface area contributed by atoms with Gasteiger partial charge in [0.25, 0.3) is 5.91 Å². The van der Waals surface area contributed by atoms with Gasteiger partial charge in [-0.05, 0) is 56.1 Å². The molecule has 3 aliphatic heterocycles. The molecule has 1 N–H and O–H groups in total. The van der Waals surface area contributed by atoms with E-state index in [0.29, 0.717) is 27.2 Å². The van der Waals surface area contributed by atoms with Crippen molar-refractivity contribution >= 4 is 17.2 Å². The molecule has 6 heteroatoms. The van der Waals surface area contributed by atoms with Crippen molar-refractivity contribution in [2.45, 2.75) is 18.9 Å². The fraction of sp³-hybridized carbons (Fsp3) is 0.368. The van der Waals surface area contributed by atoms with Crippen LogP contribution in [-0.2, 0) is 0 Å². The van der Waals surface area contributed by atoms with Crippen LogP contribution in [0.15, 0.2) is 36.4 Å². The lowest BCUT2D eigenvalue weighted by Crippen LogP contribution is -2.57. The van der Waals surface area contributed by atoms with Crippen LogP contribution in [0.4, 0.5) is 0 Å². The Hall–Kier alpha value is -2.36. The highest BCUT2D eigenvalue weighted by molar-refractivity contribution is 7.15. The number of carbonyl (C=O) groups excluding carboxylic acids is 1. The number of fused-ring (bicyclic) bond motifs is 3. The van der Waals surface area contributed by atoms with Gasteiger partial charge in [-0.2, -0.15) is 5.26 Å². The molecule has 3 fully saturated rings. The minimum atomic E-state index is -0.0350. The molecule has 25 heavy (non-hydrogen) atoms. The second kappa shape index (κ2) is 6.87. The Balaban J connectivity index is 1.42. The fourth-order valence-electron chi connectivity index (χ4n) is 3.62. The molecule has 5 nitrogen and oxygen atoms in total. The standard InChI is InChI=1S/C19H19N3O2S/c20-11-14-3-1-2-4-16(14)24-18-6-5-17(25-18)19(23)21-15-12-22-9-7-13(15)8-10-22/h1-6,13,15H,7-10,12H2,(H,21,23)/t15-/m0/s1. The molecule has 128 valence electrons. The van der Waals surface area contributed by atoms with Crippen LogP contribution in [0.3, 0.4) is 0 Å². The number of carbonyl (C=O) groups is 1. The van der Waals surface area contributed by atoms with Crippen molar-refractivity contribution in [3.8, 4) is 16.9 Å². The lowest BCUT2D eigenvalue weighted by Gasteiger charge is -2.44. The number of hydrogen-bond donors (Lipinski definition) is 1. The lowest BCUT2D eigenvalue weighted by atomic mass is 9.84. The maximum Gasteiger partial charge on any atom is 0.261 e. The van der Waals surface area contributed by atoms with E-state index in [1.807, 2.05) is 6.07 Å². The van der Waals surface area contributed by atoms with Gasteiger partial charge in [-0.25, -0.2) is 0 Å². The van der Waals surface area contributed by atoms with Gasteiger partial charge in [-0.15, -0.1) is 0 Å². The zero-order valence-electron chi connectivity index (χ0n) is 13.8. The van der Waals surface area contributed by atoms with E-state index in [0.717, 1.165) is 19.6 Å². The van der Waals surface area contributed by atoms with Gasteiger partial charge >= 0.3 is 0 Å². The van der Waals surface area contributed by atoms with E-state index in [1.165, 1.54) is 24.2 Å². The van der Waals surface area contributed by atoms with Crippen LogP contribution in [0.2, 0.25) is 0 Å². The van der Waals surface area contributed by atoms with E-state index in [4.69, 9.17) is 10.00 Å². The van der Waals surface area contributed by atoms with Crippen molar-refractivity contribution in [3.63, 3.8) is 0 Å². The summed E-state index contributed by atoms with van der Waals surface area (Å²) >= 11 is 1.31. The van der Waals surface area contributed by atoms with Crippen molar-refractivity contribution in [1.82, 2.24) is 10.2 Å². The first-order valence-corrected chi connectivity index (χ1v) is 9.34. The summed E-state index contributed by atoms with van der Waals surface area (Å²) in [5.41, 5.74) is 0.481. The Morgan fingerprint density at radius 1 is 1.24 bits per heavy atom. The molecule has 1 amide bonds. The summed E-state index contributed by atoms with van der Waals surface area (Å²) in [4.78, 5) is 15.6. The monoisotopic (exact) mass is 353 g/mol. The molecule has 1 aromatic carbocycles. The first kappa shape index (κ1) is 16.1. The van der Waals surface area contributed by atoms with Crippen molar-refractivity contribution in [2.24, 2.45) is 5.92 Å². The third kappa shape index (κ3) is 3.39. The maximum atomic E-state index is 12.6. The minimum Gasteiger partial charge on any atom is -0.445 e. The average molecular weight is 353 g/mol. The van der Waals surface area contributed by atoms with Gasteiger partial charge in [0.2, 0.25) is 0 Å². The molecule has 3 aliphatic rings. The fourth-order valence-corrected chi connectivity index (χ4v) is 4.39. The number of nitrogens with zero attached hydrogens (tertiary/aromatic N) is 2. The summed E-state index contributed by atoms with van der Waals surface area (Å²) in [6, 6.07) is 13.0. The molecule has 0 saturated carbocycles. The number of ether oxygens (including phenoxy) is 1. The predicted molar refractivity (Wildman–Crippen MR) is 96.0 cm³/mol. The first-order valence-electron chi connectivity index (χ1n) is 8.53. The topological polar surface area (TPSA) is 65.4 Å². The van der Waals surface area contributed by atoms with Crippen molar-refractivity contribution < 1.29 is 9.53 Å². The van der Waals surface area contributed by atoms with Crippen LogP contribution in [0, 0.1) is 17.2 Å². The second-order valence-electron chi connectivity index (χ2n) is 6.55. The number of benzene rings is 1. The van der Waals surface area contributed by atoms with Crippen LogP contribution in [-0.4, -0.2) is 36.5 Å². The zero-order valence-corrected chi connectivity index (χ0v) is 14.6. The summed E-state index contributed by atoms with van der Waals surface area (Å²) < 4.78 is 5.78. The highest BCUT2D eigenvalue weighted by atomic mass is 32.1. The molecule has 1 atom stereocenters. The number of piperidine rings is 3. The van der Waals surface area contributed by atoms with Crippen molar-refractivity contribution in [1.29, 1.82) is 5.26 Å². The van der Waals surface area contributed by atoms with E-state index < -0.39 is 0 Å². The Labute approximate surface area is 150 Å². The highest BCUT2D eigenvalue weighted by Gasteiger charge is 2.35. The van der Waals surface area contributed by atoms with Gasteiger partial charge in [0.1, 0.15) is 11.8 Å². The third-order valence-electron chi connectivity index (χ3n) is 5.00. The van der Waals surface area contributed by atoms with Gasteiger partial charge in [0.05, 0.1) is 10.4 Å². The van der Waals surface area contributed by atoms with Crippen LogP contribution >= 0.6 is 11.3 Å². The van der Waals surface area contributed by atoms with Gasteiger partial charge in [0.15, 0.2) is 5.06 Å². The maximum absolute atomic E-state index is 12.6. The molecule has 0 radical (unpaired) electrons. The number of para-hydroxylation sites is 1. The van der Waals surface area contributed by atoms with Crippen LogP contribution < -0.4 is 10.1 Å². The molecule has 1 aromatic heterocycles. The molecular formula is C19H19N3O2S. The molecule has 0 unspecified atom stereocenters. The van der Waals surface area contributed by atoms with E-state index in [9.17, 15) is 4.79 Å². The van der Waals surface area contributed by atoms with E-state index in [-0.39, 0.29) is 11.9 Å². The Morgan fingerprint density at radius 3 is 2.76 bits per heavy atom. The predicted octanol–water partition coefficient (Wildman–Crippen LogP) is 3.24. The molecule has 0 spiro atoms. The normalized spacial score (nSPS) is 24.5.